The first-order valence-electron chi connectivity index (χ1n) is 6.37. The highest BCUT2D eigenvalue weighted by molar-refractivity contribution is 5.83. The van der Waals surface area contributed by atoms with Crippen molar-refractivity contribution in [2.24, 2.45) is 0 Å². The third-order valence-corrected chi connectivity index (χ3v) is 3.22. The Labute approximate surface area is 111 Å². The molecule has 94 valence electrons. The van der Waals surface area contributed by atoms with Gasteiger partial charge in [-0.25, -0.2) is 0 Å². The maximum Gasteiger partial charge on any atom is 0.279 e. The van der Waals surface area contributed by atoms with Crippen molar-refractivity contribution in [2.75, 3.05) is 0 Å². The number of para-hydroxylation sites is 1. The topological polar surface area (TPSA) is 34.9 Å². The second kappa shape index (κ2) is 4.69. The molecule has 2 aromatic carbocycles. The fourth-order valence-corrected chi connectivity index (χ4v) is 2.26. The van der Waals surface area contributed by atoms with Crippen LogP contribution in [0.1, 0.15) is 12.6 Å². The lowest BCUT2D eigenvalue weighted by Gasteiger charge is -2.09. The number of benzene rings is 2. The Balaban J connectivity index is 2.39. The first-order valence-corrected chi connectivity index (χ1v) is 6.37. The van der Waals surface area contributed by atoms with Gasteiger partial charge in [-0.2, -0.15) is 9.78 Å². The van der Waals surface area contributed by atoms with Gasteiger partial charge in [0, 0.05) is 5.39 Å². The molecule has 0 aliphatic rings. The van der Waals surface area contributed by atoms with Crippen LogP contribution in [0.2, 0.25) is 0 Å². The minimum atomic E-state index is -0.0704. The number of nitrogens with zero attached hydrogens (tertiary/aromatic N) is 2. The number of aromatic nitrogens is 2. The van der Waals surface area contributed by atoms with Crippen LogP contribution in [0.3, 0.4) is 0 Å². The zero-order chi connectivity index (χ0) is 13.2. The Kier molecular flexibility index (Phi) is 2.88. The molecular weight excluding hydrogens is 236 g/mol. The molecule has 0 aliphatic heterocycles. The quantitative estimate of drug-likeness (QED) is 0.701. The molecule has 0 spiro atoms. The molecule has 0 radical (unpaired) electrons. The highest BCUT2D eigenvalue weighted by Gasteiger charge is 2.09. The van der Waals surface area contributed by atoms with Crippen LogP contribution >= 0.6 is 0 Å². The van der Waals surface area contributed by atoms with Crippen LogP contribution in [-0.4, -0.2) is 9.78 Å². The lowest BCUT2D eigenvalue weighted by molar-refractivity contribution is 0.782. The second-order valence-electron chi connectivity index (χ2n) is 4.40. The second-order valence-corrected chi connectivity index (χ2v) is 4.40. The maximum absolute atomic E-state index is 12.5. The van der Waals surface area contributed by atoms with E-state index in [1.165, 1.54) is 4.68 Å². The van der Waals surface area contributed by atoms with E-state index in [9.17, 15) is 4.79 Å². The van der Waals surface area contributed by atoms with E-state index in [0.717, 1.165) is 28.6 Å². The molecule has 3 rings (SSSR count). The molecule has 0 saturated carbocycles. The molecule has 0 fully saturated rings. The van der Waals surface area contributed by atoms with Crippen molar-refractivity contribution in [3.8, 4) is 5.69 Å². The van der Waals surface area contributed by atoms with Gasteiger partial charge in [0.15, 0.2) is 0 Å². The Morgan fingerprint density at radius 2 is 1.58 bits per heavy atom. The van der Waals surface area contributed by atoms with Gasteiger partial charge in [0.2, 0.25) is 0 Å². The van der Waals surface area contributed by atoms with E-state index in [1.54, 1.807) is 0 Å². The molecule has 1 aromatic heterocycles. The SMILES string of the molecule is CCc1nn(-c2ccccc2)c(=O)c2ccccc12. The Morgan fingerprint density at radius 3 is 2.26 bits per heavy atom. The zero-order valence-corrected chi connectivity index (χ0v) is 10.7. The summed E-state index contributed by atoms with van der Waals surface area (Å²) in [4.78, 5) is 12.5. The smallest absolute Gasteiger partial charge is 0.267 e. The summed E-state index contributed by atoms with van der Waals surface area (Å²) in [5.41, 5.74) is 1.67. The molecule has 3 aromatic rings. The van der Waals surface area contributed by atoms with E-state index >= 15 is 0 Å². The summed E-state index contributed by atoms with van der Waals surface area (Å²) in [7, 11) is 0. The number of fused-ring (bicyclic) bond motifs is 1. The third kappa shape index (κ3) is 1.93. The number of hydrogen-bond donors (Lipinski definition) is 0. The van der Waals surface area contributed by atoms with Gasteiger partial charge in [-0.1, -0.05) is 43.3 Å². The average Bonchev–Trinajstić information content (AvgIpc) is 2.49. The first-order chi connectivity index (χ1) is 9.31. The molecular formula is C16H14N2O. The molecule has 3 nitrogen and oxygen atoms in total. The minimum absolute atomic E-state index is 0.0704. The minimum Gasteiger partial charge on any atom is -0.267 e. The van der Waals surface area contributed by atoms with Crippen molar-refractivity contribution in [1.82, 2.24) is 9.78 Å². The number of hydrogen-bond acceptors (Lipinski definition) is 2. The van der Waals surface area contributed by atoms with E-state index < -0.39 is 0 Å². The molecule has 0 unspecified atom stereocenters. The largest absolute Gasteiger partial charge is 0.279 e. The van der Waals surface area contributed by atoms with Crippen LogP contribution in [0, 0.1) is 0 Å². The van der Waals surface area contributed by atoms with E-state index in [1.807, 2.05) is 54.6 Å². The Hall–Kier alpha value is -2.42. The normalized spacial score (nSPS) is 10.8. The van der Waals surface area contributed by atoms with Crippen molar-refractivity contribution >= 4 is 10.8 Å². The molecule has 0 atom stereocenters. The van der Waals surface area contributed by atoms with Gasteiger partial charge in [0.05, 0.1) is 16.8 Å². The lowest BCUT2D eigenvalue weighted by atomic mass is 10.1. The van der Waals surface area contributed by atoms with Crippen LogP contribution in [0.5, 0.6) is 0 Å². The maximum atomic E-state index is 12.5. The van der Waals surface area contributed by atoms with E-state index in [0.29, 0.717) is 0 Å². The monoisotopic (exact) mass is 250 g/mol. The standard InChI is InChI=1S/C16H14N2O/c1-2-15-13-10-6-7-11-14(13)16(19)18(17-15)12-8-4-3-5-9-12/h3-11H,2H2,1H3. The molecule has 1 heterocycles. The third-order valence-electron chi connectivity index (χ3n) is 3.22. The first kappa shape index (κ1) is 11.7. The fraction of sp³-hybridized carbons (Fsp3) is 0.125. The summed E-state index contributed by atoms with van der Waals surface area (Å²) in [6.45, 7) is 2.05. The van der Waals surface area contributed by atoms with Crippen LogP contribution in [0.15, 0.2) is 59.4 Å². The molecule has 0 amide bonds. The summed E-state index contributed by atoms with van der Waals surface area (Å²) in [5, 5.41) is 6.16. The lowest BCUT2D eigenvalue weighted by Crippen LogP contribution is -2.22. The van der Waals surface area contributed by atoms with Gasteiger partial charge in [0.1, 0.15) is 0 Å². The Morgan fingerprint density at radius 1 is 0.947 bits per heavy atom. The van der Waals surface area contributed by atoms with Crippen LogP contribution < -0.4 is 5.56 Å². The van der Waals surface area contributed by atoms with Crippen LogP contribution in [-0.2, 0) is 6.42 Å². The van der Waals surface area contributed by atoms with E-state index in [2.05, 4.69) is 12.0 Å². The predicted molar refractivity (Wildman–Crippen MR) is 76.7 cm³/mol. The number of rotatable bonds is 2. The van der Waals surface area contributed by atoms with Crippen molar-refractivity contribution in [3.05, 3.63) is 70.6 Å². The molecule has 19 heavy (non-hydrogen) atoms. The average molecular weight is 250 g/mol. The Bertz CT molecular complexity index is 776. The van der Waals surface area contributed by atoms with Crippen LogP contribution in [0.25, 0.3) is 16.5 Å². The summed E-state index contributed by atoms with van der Waals surface area (Å²) < 4.78 is 1.49. The van der Waals surface area contributed by atoms with Crippen LogP contribution in [0.4, 0.5) is 0 Å². The number of aryl methyl sites for hydroxylation is 1. The van der Waals surface area contributed by atoms with Gasteiger partial charge >= 0.3 is 0 Å². The highest BCUT2D eigenvalue weighted by Crippen LogP contribution is 2.15. The van der Waals surface area contributed by atoms with Crippen molar-refractivity contribution in [2.45, 2.75) is 13.3 Å². The van der Waals surface area contributed by atoms with Gasteiger partial charge in [-0.3, -0.25) is 4.79 Å². The molecule has 0 N–H and O–H groups in total. The summed E-state index contributed by atoms with van der Waals surface area (Å²) in [6, 6.07) is 17.2. The predicted octanol–water partition coefficient (Wildman–Crippen LogP) is 2.95. The van der Waals surface area contributed by atoms with Crippen molar-refractivity contribution < 1.29 is 0 Å². The van der Waals surface area contributed by atoms with Gasteiger partial charge in [-0.05, 0) is 24.6 Å². The molecule has 0 bridgehead atoms. The fourth-order valence-electron chi connectivity index (χ4n) is 2.26. The van der Waals surface area contributed by atoms with E-state index in [-0.39, 0.29) is 5.56 Å². The van der Waals surface area contributed by atoms with Gasteiger partial charge in [0.25, 0.3) is 5.56 Å². The van der Waals surface area contributed by atoms with Crippen molar-refractivity contribution in [1.29, 1.82) is 0 Å². The summed E-state index contributed by atoms with van der Waals surface area (Å²) in [5.74, 6) is 0. The molecule has 0 aliphatic carbocycles. The van der Waals surface area contributed by atoms with Crippen molar-refractivity contribution in [3.63, 3.8) is 0 Å². The molecule has 0 saturated heterocycles. The molecule has 3 heteroatoms. The highest BCUT2D eigenvalue weighted by atomic mass is 16.1. The zero-order valence-electron chi connectivity index (χ0n) is 10.7. The van der Waals surface area contributed by atoms with E-state index in [4.69, 9.17) is 0 Å². The van der Waals surface area contributed by atoms with Gasteiger partial charge in [-0.15, -0.1) is 0 Å². The van der Waals surface area contributed by atoms with Gasteiger partial charge < -0.3 is 0 Å². The summed E-state index contributed by atoms with van der Waals surface area (Å²) >= 11 is 0. The summed E-state index contributed by atoms with van der Waals surface area (Å²) in [6.07, 6.45) is 0.799.